The Kier molecular flexibility index (Phi) is 7.64. The third-order valence-corrected chi connectivity index (χ3v) is 12.5. The number of nitrogens with zero attached hydrogens (tertiary/aromatic N) is 2. The summed E-state index contributed by atoms with van der Waals surface area (Å²) < 4.78 is 86.6. The maximum Gasteiger partial charge on any atom is 0.243 e. The molecule has 2 heterocycles. The van der Waals surface area contributed by atoms with Crippen LogP contribution in [-0.2, 0) is 20.0 Å². The van der Waals surface area contributed by atoms with Gasteiger partial charge in [0.1, 0.15) is 11.6 Å². The van der Waals surface area contributed by atoms with Crippen LogP contribution < -0.4 is 0 Å². The number of hydrogen-bond donors (Lipinski definition) is 1. The summed E-state index contributed by atoms with van der Waals surface area (Å²) >= 11 is 6.00. The molecule has 12 heteroatoms. The van der Waals surface area contributed by atoms with Gasteiger partial charge in [-0.05, 0) is 86.9 Å². The fourth-order valence-electron chi connectivity index (χ4n) is 6.24. The number of benzene rings is 2. The molecular formula is C26H31ClF2N2O5S2. The van der Waals surface area contributed by atoms with Crippen LogP contribution in [0.1, 0.15) is 56.6 Å². The van der Waals surface area contributed by atoms with Gasteiger partial charge in [-0.1, -0.05) is 11.6 Å². The van der Waals surface area contributed by atoms with Crippen molar-refractivity contribution in [1.29, 1.82) is 0 Å². The highest BCUT2D eigenvalue weighted by Gasteiger charge is 2.59. The van der Waals surface area contributed by atoms with Gasteiger partial charge in [-0.15, -0.1) is 0 Å². The molecule has 208 valence electrons. The number of rotatable bonds is 8. The van der Waals surface area contributed by atoms with E-state index in [9.17, 15) is 30.7 Å². The molecule has 0 bridgehead atoms. The van der Waals surface area contributed by atoms with Crippen molar-refractivity contribution < 1.29 is 30.7 Å². The van der Waals surface area contributed by atoms with E-state index in [-0.39, 0.29) is 22.8 Å². The minimum absolute atomic E-state index is 0.0192. The molecule has 0 amide bonds. The Morgan fingerprint density at radius 1 is 0.947 bits per heavy atom. The summed E-state index contributed by atoms with van der Waals surface area (Å²) in [5, 5.41) is 10.1. The predicted octanol–water partition coefficient (Wildman–Crippen LogP) is 4.47. The SMILES string of the molecule is O=S(=O)(CC1(C2CCCC(c3cc(F)cc(F)c3)N2S(=O)(=O)c2ccc(Cl)cc2)CC1)N1CCCC1CO. The average molecular weight is 589 g/mol. The molecule has 3 fully saturated rings. The standard InChI is InChI=1S/C26H31ClF2N2O5S2/c27-19-6-8-23(9-7-19)38(35,36)31-24(18-13-20(28)15-21(29)14-18)4-1-5-25(31)26(10-11-26)17-37(33,34)30-12-2-3-22(30)16-32/h6-9,13-15,22,24-25,32H,1-5,10-12,16-17H2. The maximum absolute atomic E-state index is 14.3. The van der Waals surface area contributed by atoms with Crippen molar-refractivity contribution in [3.63, 3.8) is 0 Å². The highest BCUT2D eigenvalue weighted by molar-refractivity contribution is 7.89. The zero-order chi connectivity index (χ0) is 27.3. The van der Waals surface area contributed by atoms with E-state index in [0.29, 0.717) is 56.5 Å². The van der Waals surface area contributed by atoms with E-state index in [1.165, 1.54) is 32.9 Å². The van der Waals surface area contributed by atoms with E-state index >= 15 is 0 Å². The van der Waals surface area contributed by atoms with Crippen molar-refractivity contribution >= 4 is 31.6 Å². The molecular weight excluding hydrogens is 558 g/mol. The first kappa shape index (κ1) is 27.9. The summed E-state index contributed by atoms with van der Waals surface area (Å²) in [5.41, 5.74) is -0.630. The van der Waals surface area contributed by atoms with Crippen molar-refractivity contribution in [2.24, 2.45) is 5.41 Å². The van der Waals surface area contributed by atoms with Crippen molar-refractivity contribution in [3.8, 4) is 0 Å². The van der Waals surface area contributed by atoms with Gasteiger partial charge in [0.05, 0.1) is 23.3 Å². The van der Waals surface area contributed by atoms with Crippen LogP contribution in [0.5, 0.6) is 0 Å². The molecule has 1 N–H and O–H groups in total. The first-order valence-electron chi connectivity index (χ1n) is 12.8. The number of hydrogen-bond acceptors (Lipinski definition) is 5. The molecule has 1 saturated carbocycles. The molecule has 3 unspecified atom stereocenters. The highest BCUT2D eigenvalue weighted by Crippen LogP contribution is 2.57. The quantitative estimate of drug-likeness (QED) is 0.491. The Hall–Kier alpha value is -1.63. The molecule has 0 aromatic heterocycles. The van der Waals surface area contributed by atoms with Gasteiger partial charge in [0.15, 0.2) is 0 Å². The fourth-order valence-corrected chi connectivity index (χ4v) is 10.7. The molecule has 2 saturated heterocycles. The Morgan fingerprint density at radius 2 is 1.61 bits per heavy atom. The summed E-state index contributed by atoms with van der Waals surface area (Å²) in [6.45, 7) is 0.0617. The normalized spacial score (nSPS) is 26.5. The van der Waals surface area contributed by atoms with Crippen molar-refractivity contribution in [3.05, 3.63) is 64.7 Å². The molecule has 0 spiro atoms. The van der Waals surface area contributed by atoms with Gasteiger partial charge in [0.2, 0.25) is 20.0 Å². The second-order valence-corrected chi connectivity index (χ2v) is 14.9. The van der Waals surface area contributed by atoms with Crippen LogP contribution in [0.3, 0.4) is 0 Å². The van der Waals surface area contributed by atoms with Crippen LogP contribution in [0.25, 0.3) is 0 Å². The topological polar surface area (TPSA) is 95.0 Å². The van der Waals surface area contributed by atoms with E-state index < -0.39 is 55.2 Å². The molecule has 5 rings (SSSR count). The molecule has 38 heavy (non-hydrogen) atoms. The Bertz CT molecular complexity index is 1380. The number of halogens is 3. The Balaban J connectivity index is 1.57. The zero-order valence-electron chi connectivity index (χ0n) is 20.8. The van der Waals surface area contributed by atoms with Crippen LogP contribution in [0.15, 0.2) is 47.4 Å². The van der Waals surface area contributed by atoms with Gasteiger partial charge in [0.25, 0.3) is 0 Å². The first-order chi connectivity index (χ1) is 18.0. The molecule has 3 atom stereocenters. The molecule has 2 aliphatic heterocycles. The van der Waals surface area contributed by atoms with E-state index in [0.717, 1.165) is 18.2 Å². The fraction of sp³-hybridized carbons (Fsp3) is 0.538. The highest BCUT2D eigenvalue weighted by atomic mass is 35.5. The van der Waals surface area contributed by atoms with E-state index in [4.69, 9.17) is 11.6 Å². The van der Waals surface area contributed by atoms with Crippen LogP contribution in [-0.4, -0.2) is 61.5 Å². The summed E-state index contributed by atoms with van der Waals surface area (Å²) in [5.74, 6) is -1.85. The zero-order valence-corrected chi connectivity index (χ0v) is 23.2. The Labute approximate surface area is 227 Å². The second kappa shape index (κ2) is 10.4. The largest absolute Gasteiger partial charge is 0.395 e. The van der Waals surface area contributed by atoms with E-state index in [2.05, 4.69) is 0 Å². The van der Waals surface area contributed by atoms with Crippen LogP contribution >= 0.6 is 11.6 Å². The maximum atomic E-state index is 14.3. The predicted molar refractivity (Wildman–Crippen MR) is 139 cm³/mol. The molecule has 2 aromatic carbocycles. The van der Waals surface area contributed by atoms with Crippen molar-refractivity contribution in [2.75, 3.05) is 18.9 Å². The third-order valence-electron chi connectivity index (χ3n) is 8.19. The monoisotopic (exact) mass is 588 g/mol. The second-order valence-electron chi connectivity index (χ2n) is 10.7. The van der Waals surface area contributed by atoms with Gasteiger partial charge >= 0.3 is 0 Å². The van der Waals surface area contributed by atoms with Crippen molar-refractivity contribution in [1.82, 2.24) is 8.61 Å². The van der Waals surface area contributed by atoms with Gasteiger partial charge in [-0.3, -0.25) is 0 Å². The lowest BCUT2D eigenvalue weighted by Crippen LogP contribution is -2.52. The lowest BCUT2D eigenvalue weighted by atomic mass is 9.86. The minimum Gasteiger partial charge on any atom is -0.395 e. The van der Waals surface area contributed by atoms with Gasteiger partial charge in [-0.2, -0.15) is 8.61 Å². The van der Waals surface area contributed by atoms with E-state index in [1.807, 2.05) is 0 Å². The number of aliphatic hydroxyl groups excluding tert-OH is 1. The molecule has 2 aromatic rings. The molecule has 0 radical (unpaired) electrons. The third kappa shape index (κ3) is 5.25. The Morgan fingerprint density at radius 3 is 2.21 bits per heavy atom. The van der Waals surface area contributed by atoms with E-state index in [1.54, 1.807) is 0 Å². The summed E-state index contributed by atoms with van der Waals surface area (Å²) in [4.78, 5) is -0.0192. The lowest BCUT2D eigenvalue weighted by Gasteiger charge is -2.45. The van der Waals surface area contributed by atoms with Gasteiger partial charge < -0.3 is 5.11 Å². The minimum atomic E-state index is -4.20. The van der Waals surface area contributed by atoms with Crippen LogP contribution in [0, 0.1) is 17.0 Å². The van der Waals surface area contributed by atoms with Crippen LogP contribution in [0.4, 0.5) is 8.78 Å². The smallest absolute Gasteiger partial charge is 0.243 e. The molecule has 3 aliphatic rings. The summed E-state index contributed by atoms with van der Waals surface area (Å²) in [6.07, 6.45) is 3.62. The van der Waals surface area contributed by atoms with Gasteiger partial charge in [-0.25, -0.2) is 25.6 Å². The van der Waals surface area contributed by atoms with Crippen LogP contribution in [0.2, 0.25) is 5.02 Å². The number of piperidine rings is 1. The summed E-state index contributed by atoms with van der Waals surface area (Å²) in [7, 11) is -7.99. The number of sulfonamides is 2. The molecule has 1 aliphatic carbocycles. The van der Waals surface area contributed by atoms with Gasteiger partial charge in [0, 0.05) is 35.1 Å². The summed E-state index contributed by atoms with van der Waals surface area (Å²) in [6, 6.07) is 6.71. The van der Waals surface area contributed by atoms with Crippen molar-refractivity contribution in [2.45, 2.75) is 68.0 Å². The average Bonchev–Trinajstić information content (AvgIpc) is 3.45. The number of aliphatic hydroxyl groups is 1. The first-order valence-corrected chi connectivity index (χ1v) is 16.3. The molecule has 7 nitrogen and oxygen atoms in total. The lowest BCUT2D eigenvalue weighted by molar-refractivity contribution is 0.125.